The lowest BCUT2D eigenvalue weighted by atomic mass is 10.0. The quantitative estimate of drug-likeness (QED) is 0.659. The molecule has 1 N–H and O–H groups in total. The van der Waals surface area contributed by atoms with Crippen LogP contribution in [0.3, 0.4) is 0 Å². The summed E-state index contributed by atoms with van der Waals surface area (Å²) in [7, 11) is 1.66. The van der Waals surface area contributed by atoms with Gasteiger partial charge in [0.05, 0.1) is 19.8 Å². The van der Waals surface area contributed by atoms with Crippen LogP contribution in [0.25, 0.3) is 0 Å². The van der Waals surface area contributed by atoms with Crippen LogP contribution in [0.5, 0.6) is 11.5 Å². The van der Waals surface area contributed by atoms with Crippen LogP contribution >= 0.6 is 0 Å². The predicted octanol–water partition coefficient (Wildman–Crippen LogP) is 4.33. The minimum atomic E-state index is -0.505. The van der Waals surface area contributed by atoms with Gasteiger partial charge in [-0.25, -0.2) is 0 Å². The average molecular weight is 329 g/mol. The zero-order valence-electron chi connectivity index (χ0n) is 14.6. The van der Waals surface area contributed by atoms with Crippen molar-refractivity contribution in [3.63, 3.8) is 0 Å². The number of aliphatic hydroxyl groups excluding tert-OH is 1. The standard InChI is InChI=1S/C20H27NO3/c1-3-4-5-13-24-19-11-9-16(14-20(19)23-2)8-10-18(22)17-7-6-12-21-15-17/h6-7,9,11-12,14-15,18,22H,3-5,8,10,13H2,1-2H3. The molecule has 0 saturated carbocycles. The number of hydrogen-bond acceptors (Lipinski definition) is 4. The van der Waals surface area contributed by atoms with Crippen molar-refractivity contribution in [2.75, 3.05) is 13.7 Å². The lowest BCUT2D eigenvalue weighted by Crippen LogP contribution is -2.02. The first-order valence-corrected chi connectivity index (χ1v) is 8.62. The fourth-order valence-electron chi connectivity index (χ4n) is 2.56. The molecule has 0 fully saturated rings. The van der Waals surface area contributed by atoms with Crippen LogP contribution in [0.1, 0.15) is 49.8 Å². The minimum Gasteiger partial charge on any atom is -0.493 e. The first kappa shape index (κ1) is 18.3. The first-order valence-electron chi connectivity index (χ1n) is 8.62. The van der Waals surface area contributed by atoms with E-state index in [1.165, 1.54) is 12.8 Å². The molecule has 1 atom stereocenters. The Bertz CT molecular complexity index is 601. The number of aryl methyl sites for hydroxylation is 1. The molecule has 1 unspecified atom stereocenters. The molecule has 0 spiro atoms. The van der Waals surface area contributed by atoms with E-state index >= 15 is 0 Å². The number of aliphatic hydroxyl groups is 1. The number of methoxy groups -OCH3 is 1. The van der Waals surface area contributed by atoms with Crippen LogP contribution in [0.2, 0.25) is 0 Å². The van der Waals surface area contributed by atoms with Crippen molar-refractivity contribution in [1.82, 2.24) is 4.98 Å². The highest BCUT2D eigenvalue weighted by Crippen LogP contribution is 2.29. The van der Waals surface area contributed by atoms with Crippen molar-refractivity contribution in [2.24, 2.45) is 0 Å². The third-order valence-corrected chi connectivity index (χ3v) is 4.01. The molecular weight excluding hydrogens is 302 g/mol. The lowest BCUT2D eigenvalue weighted by molar-refractivity contribution is 0.167. The molecule has 1 heterocycles. The Balaban J connectivity index is 1.91. The van der Waals surface area contributed by atoms with Gasteiger partial charge < -0.3 is 14.6 Å². The van der Waals surface area contributed by atoms with Gasteiger partial charge in [-0.15, -0.1) is 0 Å². The highest BCUT2D eigenvalue weighted by molar-refractivity contribution is 5.43. The molecule has 130 valence electrons. The lowest BCUT2D eigenvalue weighted by Gasteiger charge is -2.14. The highest BCUT2D eigenvalue weighted by atomic mass is 16.5. The molecule has 1 aromatic heterocycles. The molecule has 24 heavy (non-hydrogen) atoms. The first-order chi connectivity index (χ1) is 11.7. The summed E-state index contributed by atoms with van der Waals surface area (Å²) in [6.07, 6.45) is 7.73. The van der Waals surface area contributed by atoms with Crippen LogP contribution in [-0.2, 0) is 6.42 Å². The van der Waals surface area contributed by atoms with Crippen LogP contribution in [0.15, 0.2) is 42.7 Å². The zero-order valence-corrected chi connectivity index (χ0v) is 14.6. The molecule has 0 radical (unpaired) electrons. The summed E-state index contributed by atoms with van der Waals surface area (Å²) < 4.78 is 11.2. The number of ether oxygens (including phenoxy) is 2. The van der Waals surface area contributed by atoms with Crippen molar-refractivity contribution in [3.8, 4) is 11.5 Å². The van der Waals surface area contributed by atoms with Gasteiger partial charge in [0.2, 0.25) is 0 Å². The van der Waals surface area contributed by atoms with Gasteiger partial charge in [0.15, 0.2) is 11.5 Å². The highest BCUT2D eigenvalue weighted by Gasteiger charge is 2.10. The minimum absolute atomic E-state index is 0.505. The van der Waals surface area contributed by atoms with Crippen molar-refractivity contribution >= 4 is 0 Å². The normalized spacial score (nSPS) is 12.0. The topological polar surface area (TPSA) is 51.6 Å². The van der Waals surface area contributed by atoms with E-state index in [1.807, 2.05) is 30.3 Å². The summed E-state index contributed by atoms with van der Waals surface area (Å²) in [6, 6.07) is 9.72. The Morgan fingerprint density at radius 3 is 2.75 bits per heavy atom. The van der Waals surface area contributed by atoms with Gasteiger partial charge in [-0.05, 0) is 48.6 Å². The van der Waals surface area contributed by atoms with E-state index in [9.17, 15) is 5.11 Å². The van der Waals surface area contributed by atoms with Gasteiger partial charge in [-0.1, -0.05) is 31.9 Å². The maximum absolute atomic E-state index is 10.2. The van der Waals surface area contributed by atoms with Gasteiger partial charge in [-0.3, -0.25) is 4.98 Å². The van der Waals surface area contributed by atoms with Crippen LogP contribution in [-0.4, -0.2) is 23.8 Å². The van der Waals surface area contributed by atoms with Gasteiger partial charge in [0, 0.05) is 12.4 Å². The summed E-state index contributed by atoms with van der Waals surface area (Å²) in [6.45, 7) is 2.89. The van der Waals surface area contributed by atoms with E-state index in [1.54, 1.807) is 19.5 Å². The van der Waals surface area contributed by atoms with Crippen LogP contribution < -0.4 is 9.47 Å². The van der Waals surface area contributed by atoms with Gasteiger partial charge in [-0.2, -0.15) is 0 Å². The molecule has 0 bridgehead atoms. The van der Waals surface area contributed by atoms with E-state index < -0.39 is 6.10 Å². The molecule has 0 aliphatic heterocycles. The van der Waals surface area contributed by atoms with Crippen LogP contribution in [0.4, 0.5) is 0 Å². The second-order valence-corrected chi connectivity index (χ2v) is 5.88. The smallest absolute Gasteiger partial charge is 0.161 e. The van der Waals surface area contributed by atoms with E-state index in [-0.39, 0.29) is 0 Å². The molecule has 0 amide bonds. The molecule has 2 aromatic rings. The molecule has 0 saturated heterocycles. The summed E-state index contributed by atoms with van der Waals surface area (Å²) in [5.74, 6) is 1.53. The van der Waals surface area contributed by atoms with E-state index in [4.69, 9.17) is 9.47 Å². The number of nitrogens with zero attached hydrogens (tertiary/aromatic N) is 1. The molecule has 4 heteroatoms. The molecule has 1 aromatic carbocycles. The molecular formula is C20H27NO3. The summed E-state index contributed by atoms with van der Waals surface area (Å²) >= 11 is 0. The maximum atomic E-state index is 10.2. The van der Waals surface area contributed by atoms with Gasteiger partial charge in [0.25, 0.3) is 0 Å². The second kappa shape index (κ2) is 9.93. The largest absolute Gasteiger partial charge is 0.493 e. The van der Waals surface area contributed by atoms with E-state index in [0.29, 0.717) is 13.0 Å². The number of hydrogen-bond donors (Lipinski definition) is 1. The Labute approximate surface area is 144 Å². The average Bonchev–Trinajstić information content (AvgIpc) is 2.64. The summed E-state index contributed by atoms with van der Waals surface area (Å²) in [4.78, 5) is 4.04. The fraction of sp³-hybridized carbons (Fsp3) is 0.450. The van der Waals surface area contributed by atoms with Gasteiger partial charge >= 0.3 is 0 Å². The summed E-state index contributed by atoms with van der Waals surface area (Å²) in [5.41, 5.74) is 1.97. The van der Waals surface area contributed by atoms with Crippen LogP contribution in [0, 0.1) is 0 Å². The van der Waals surface area contributed by atoms with Crippen molar-refractivity contribution in [1.29, 1.82) is 0 Å². The predicted molar refractivity (Wildman–Crippen MR) is 95.5 cm³/mol. The SMILES string of the molecule is CCCCCOc1ccc(CCC(O)c2cccnc2)cc1OC. The third kappa shape index (κ3) is 5.53. The Hall–Kier alpha value is -2.07. The molecule has 0 aliphatic rings. The van der Waals surface area contributed by atoms with Crippen molar-refractivity contribution in [3.05, 3.63) is 53.9 Å². The second-order valence-electron chi connectivity index (χ2n) is 5.88. The Morgan fingerprint density at radius 2 is 2.04 bits per heavy atom. The molecule has 2 rings (SSSR count). The monoisotopic (exact) mass is 329 g/mol. The number of pyridine rings is 1. The summed E-state index contributed by atoms with van der Waals surface area (Å²) in [5, 5.41) is 10.2. The number of rotatable bonds is 10. The molecule has 4 nitrogen and oxygen atoms in total. The number of aromatic nitrogens is 1. The van der Waals surface area contributed by atoms with E-state index in [0.717, 1.165) is 35.5 Å². The van der Waals surface area contributed by atoms with Gasteiger partial charge in [0.1, 0.15) is 0 Å². The maximum Gasteiger partial charge on any atom is 0.161 e. The number of benzene rings is 1. The molecule has 0 aliphatic carbocycles. The Morgan fingerprint density at radius 1 is 1.17 bits per heavy atom. The van der Waals surface area contributed by atoms with Crippen molar-refractivity contribution < 1.29 is 14.6 Å². The third-order valence-electron chi connectivity index (χ3n) is 4.01. The Kier molecular flexibility index (Phi) is 7.56. The fourth-order valence-corrected chi connectivity index (χ4v) is 2.56. The van der Waals surface area contributed by atoms with E-state index in [2.05, 4.69) is 11.9 Å². The van der Waals surface area contributed by atoms with Crippen molar-refractivity contribution in [2.45, 2.75) is 45.1 Å². The zero-order chi connectivity index (χ0) is 17.2. The number of unbranched alkanes of at least 4 members (excludes halogenated alkanes) is 2.